The molecule has 4 rings (SSSR count). The Kier molecular flexibility index (Phi) is 6.24. The van der Waals surface area contributed by atoms with E-state index in [1.54, 1.807) is 7.11 Å². The van der Waals surface area contributed by atoms with Gasteiger partial charge in [0, 0.05) is 5.56 Å². The van der Waals surface area contributed by atoms with Gasteiger partial charge in [0.1, 0.15) is 11.5 Å². The minimum atomic E-state index is 0.619. The average Bonchev–Trinajstić information content (AvgIpc) is 2.79. The van der Waals surface area contributed by atoms with Gasteiger partial charge in [-0.15, -0.1) is 0 Å². The van der Waals surface area contributed by atoms with Crippen LogP contribution in [0.1, 0.15) is 87.2 Å². The van der Waals surface area contributed by atoms with Gasteiger partial charge in [-0.3, -0.25) is 0 Å². The normalized spacial score (nSPS) is 18.8. The molecule has 0 saturated heterocycles. The van der Waals surface area contributed by atoms with E-state index >= 15 is 0 Å². The molecular formula is C26H34O2. The van der Waals surface area contributed by atoms with Gasteiger partial charge in [0.15, 0.2) is 0 Å². The zero-order valence-electron chi connectivity index (χ0n) is 17.5. The van der Waals surface area contributed by atoms with E-state index in [9.17, 15) is 0 Å². The predicted molar refractivity (Wildman–Crippen MR) is 117 cm³/mol. The maximum Gasteiger partial charge on any atom is 0.134 e. The molecule has 2 aliphatic carbocycles. The quantitative estimate of drug-likeness (QED) is 0.537. The minimum absolute atomic E-state index is 0.619. The van der Waals surface area contributed by atoms with Gasteiger partial charge in [-0.05, 0) is 54.7 Å². The first-order valence-electron chi connectivity index (χ1n) is 11.2. The number of hydrogen-bond acceptors (Lipinski definition) is 2. The van der Waals surface area contributed by atoms with E-state index < -0.39 is 0 Å². The Morgan fingerprint density at radius 2 is 1.32 bits per heavy atom. The van der Waals surface area contributed by atoms with Gasteiger partial charge < -0.3 is 9.47 Å². The number of ether oxygens (including phenoxy) is 2. The van der Waals surface area contributed by atoms with Crippen molar-refractivity contribution in [3.8, 4) is 22.6 Å². The molecule has 28 heavy (non-hydrogen) atoms. The van der Waals surface area contributed by atoms with E-state index in [0.29, 0.717) is 11.8 Å². The monoisotopic (exact) mass is 378 g/mol. The van der Waals surface area contributed by atoms with Crippen LogP contribution in [0.2, 0.25) is 0 Å². The second-order valence-corrected chi connectivity index (χ2v) is 8.53. The van der Waals surface area contributed by atoms with Gasteiger partial charge in [0.2, 0.25) is 0 Å². The summed E-state index contributed by atoms with van der Waals surface area (Å²) < 4.78 is 12.1. The smallest absolute Gasteiger partial charge is 0.134 e. The molecule has 2 fully saturated rings. The van der Waals surface area contributed by atoms with Crippen molar-refractivity contribution in [1.29, 1.82) is 0 Å². The van der Waals surface area contributed by atoms with Crippen molar-refractivity contribution in [1.82, 2.24) is 0 Å². The fourth-order valence-electron chi connectivity index (χ4n) is 5.48. The topological polar surface area (TPSA) is 18.5 Å². The van der Waals surface area contributed by atoms with Gasteiger partial charge in [0.25, 0.3) is 0 Å². The third-order valence-electron chi connectivity index (χ3n) is 6.86. The zero-order valence-corrected chi connectivity index (χ0v) is 17.5. The average molecular weight is 379 g/mol. The van der Waals surface area contributed by atoms with Crippen LogP contribution in [0.3, 0.4) is 0 Å². The van der Waals surface area contributed by atoms with Crippen molar-refractivity contribution in [2.45, 2.75) is 76.0 Å². The molecule has 0 unspecified atom stereocenters. The summed E-state index contributed by atoms with van der Waals surface area (Å²) in [5.41, 5.74) is 5.32. The van der Waals surface area contributed by atoms with E-state index in [1.165, 1.54) is 80.9 Å². The highest BCUT2D eigenvalue weighted by Gasteiger charge is 2.30. The van der Waals surface area contributed by atoms with Gasteiger partial charge in [-0.2, -0.15) is 0 Å². The summed E-state index contributed by atoms with van der Waals surface area (Å²) in [5.74, 6) is 3.30. The molecule has 150 valence electrons. The lowest BCUT2D eigenvalue weighted by Gasteiger charge is -2.32. The first-order valence-corrected chi connectivity index (χ1v) is 11.2. The fraction of sp³-hybridized carbons (Fsp3) is 0.538. The Bertz CT molecular complexity index is 769. The van der Waals surface area contributed by atoms with Crippen molar-refractivity contribution in [2.75, 3.05) is 14.2 Å². The summed E-state index contributed by atoms with van der Waals surface area (Å²) in [4.78, 5) is 0. The summed E-state index contributed by atoms with van der Waals surface area (Å²) in [7, 11) is 3.64. The molecule has 2 saturated carbocycles. The van der Waals surface area contributed by atoms with Crippen LogP contribution in [-0.4, -0.2) is 14.2 Å². The highest BCUT2D eigenvalue weighted by molar-refractivity contribution is 5.80. The summed E-state index contributed by atoms with van der Waals surface area (Å²) in [6.07, 6.45) is 13.3. The largest absolute Gasteiger partial charge is 0.496 e. The molecule has 2 aliphatic rings. The van der Waals surface area contributed by atoms with Gasteiger partial charge >= 0.3 is 0 Å². The third-order valence-corrected chi connectivity index (χ3v) is 6.86. The van der Waals surface area contributed by atoms with Crippen molar-refractivity contribution in [2.24, 2.45) is 0 Å². The van der Waals surface area contributed by atoms with E-state index in [4.69, 9.17) is 9.47 Å². The Balaban J connectivity index is 1.92. The standard InChI is InChI=1S/C26H34O2/c1-27-23-18-22(19-12-6-3-7-13-19)24(20-14-8-4-9-15-20)26(28-2)25(23)21-16-10-5-11-17-21/h5,10-11,16-20H,3-4,6-9,12-15H2,1-2H3. The Hall–Kier alpha value is -1.96. The van der Waals surface area contributed by atoms with Gasteiger partial charge in [-0.1, -0.05) is 68.9 Å². The van der Waals surface area contributed by atoms with E-state index in [-0.39, 0.29) is 0 Å². The maximum absolute atomic E-state index is 6.18. The first-order chi connectivity index (χ1) is 13.8. The van der Waals surface area contributed by atoms with Crippen LogP contribution in [-0.2, 0) is 0 Å². The second-order valence-electron chi connectivity index (χ2n) is 8.53. The van der Waals surface area contributed by atoms with Gasteiger partial charge in [0.05, 0.1) is 19.8 Å². The molecule has 0 heterocycles. The number of methoxy groups -OCH3 is 2. The number of hydrogen-bond donors (Lipinski definition) is 0. The molecule has 0 radical (unpaired) electrons. The van der Waals surface area contributed by atoms with Crippen LogP contribution < -0.4 is 9.47 Å². The van der Waals surface area contributed by atoms with Crippen LogP contribution in [0.5, 0.6) is 11.5 Å². The molecule has 0 aliphatic heterocycles. The van der Waals surface area contributed by atoms with Crippen LogP contribution in [0, 0.1) is 0 Å². The summed E-state index contributed by atoms with van der Waals surface area (Å²) in [6, 6.07) is 13.0. The van der Waals surface area contributed by atoms with Crippen molar-refractivity contribution in [3.63, 3.8) is 0 Å². The van der Waals surface area contributed by atoms with Crippen LogP contribution in [0.25, 0.3) is 11.1 Å². The molecule has 0 spiro atoms. The summed E-state index contributed by atoms with van der Waals surface area (Å²) >= 11 is 0. The highest BCUT2D eigenvalue weighted by atomic mass is 16.5. The van der Waals surface area contributed by atoms with E-state index in [0.717, 1.165) is 17.1 Å². The molecule has 0 atom stereocenters. The Labute approximate surface area is 170 Å². The lowest BCUT2D eigenvalue weighted by Crippen LogP contribution is -2.15. The maximum atomic E-state index is 6.18. The second kappa shape index (κ2) is 9.03. The molecule has 0 aromatic heterocycles. The summed E-state index contributed by atoms with van der Waals surface area (Å²) in [5, 5.41) is 0. The van der Waals surface area contributed by atoms with Crippen molar-refractivity contribution >= 4 is 0 Å². The molecule has 2 aromatic carbocycles. The zero-order chi connectivity index (χ0) is 19.3. The fourth-order valence-corrected chi connectivity index (χ4v) is 5.48. The Morgan fingerprint density at radius 1 is 0.714 bits per heavy atom. The Morgan fingerprint density at radius 3 is 1.89 bits per heavy atom. The molecule has 2 nitrogen and oxygen atoms in total. The molecular weight excluding hydrogens is 344 g/mol. The van der Waals surface area contributed by atoms with Gasteiger partial charge in [-0.25, -0.2) is 0 Å². The highest BCUT2D eigenvalue weighted by Crippen LogP contribution is 2.51. The van der Waals surface area contributed by atoms with Crippen molar-refractivity contribution in [3.05, 3.63) is 47.5 Å². The van der Waals surface area contributed by atoms with E-state index in [2.05, 4.69) is 36.4 Å². The number of rotatable bonds is 5. The van der Waals surface area contributed by atoms with Crippen molar-refractivity contribution < 1.29 is 9.47 Å². The first kappa shape index (κ1) is 19.4. The third kappa shape index (κ3) is 3.79. The molecule has 0 bridgehead atoms. The summed E-state index contributed by atoms with van der Waals surface area (Å²) in [6.45, 7) is 0. The minimum Gasteiger partial charge on any atom is -0.496 e. The predicted octanol–water partition coefficient (Wildman–Crippen LogP) is 7.47. The van der Waals surface area contributed by atoms with E-state index in [1.807, 2.05) is 7.11 Å². The molecule has 0 N–H and O–H groups in total. The van der Waals surface area contributed by atoms with Crippen LogP contribution >= 0.6 is 0 Å². The SMILES string of the molecule is COc1cc(C2CCCCC2)c(C2CCCCC2)c(OC)c1-c1ccccc1. The molecule has 2 heteroatoms. The molecule has 2 aromatic rings. The molecule has 0 amide bonds. The van der Waals surface area contributed by atoms with Crippen LogP contribution in [0.4, 0.5) is 0 Å². The number of benzene rings is 2. The lowest BCUT2D eigenvalue weighted by molar-refractivity contribution is 0.369. The van der Waals surface area contributed by atoms with Crippen LogP contribution in [0.15, 0.2) is 36.4 Å². The lowest BCUT2D eigenvalue weighted by atomic mass is 9.74.